The smallest absolute Gasteiger partial charge is 0.232 e. The van der Waals surface area contributed by atoms with Crippen LogP contribution in [0.3, 0.4) is 0 Å². The fourth-order valence-electron chi connectivity index (χ4n) is 5.81. The zero-order valence-electron chi connectivity index (χ0n) is 26.7. The van der Waals surface area contributed by atoms with Crippen LogP contribution in [0.4, 0.5) is 4.39 Å². The quantitative estimate of drug-likeness (QED) is 0.473. The van der Waals surface area contributed by atoms with Gasteiger partial charge in [0.2, 0.25) is 5.91 Å². The summed E-state index contributed by atoms with van der Waals surface area (Å²) < 4.78 is 14.8. The molecule has 0 spiro atoms. The average molecular weight is 590 g/mol. The lowest BCUT2D eigenvalue weighted by molar-refractivity contribution is -0.659. The minimum atomic E-state index is -0.141. The van der Waals surface area contributed by atoms with E-state index in [2.05, 4.69) is 63.1 Å². The molecular formula is C38H56FN3O+2. The Kier molecular flexibility index (Phi) is 23.9. The monoisotopic (exact) mass is 589 g/mol. The number of likely N-dealkylation sites (tertiary alicyclic amines) is 1. The maximum Gasteiger partial charge on any atom is 0.232 e. The zero-order valence-corrected chi connectivity index (χ0v) is 26.7. The third-order valence-electron chi connectivity index (χ3n) is 8.10. The van der Waals surface area contributed by atoms with E-state index in [-0.39, 0.29) is 23.6 Å². The number of carbonyl (C=O) groups excluding carboxylic acids is 1. The third kappa shape index (κ3) is 14.9. The van der Waals surface area contributed by atoms with Gasteiger partial charge in [-0.2, -0.15) is 0 Å². The molecule has 3 aliphatic rings. The first-order valence-corrected chi connectivity index (χ1v) is 15.8. The summed E-state index contributed by atoms with van der Waals surface area (Å²) in [6.45, 7) is 5.49. The molecular weight excluding hydrogens is 533 g/mol. The molecule has 0 bridgehead atoms. The van der Waals surface area contributed by atoms with Gasteiger partial charge in [0.15, 0.2) is 0 Å². The molecule has 1 saturated carbocycles. The van der Waals surface area contributed by atoms with Crippen molar-refractivity contribution in [3.63, 3.8) is 0 Å². The van der Waals surface area contributed by atoms with Gasteiger partial charge in [-0.3, -0.25) is 4.79 Å². The van der Waals surface area contributed by atoms with Crippen LogP contribution in [-0.2, 0) is 11.2 Å². The van der Waals surface area contributed by atoms with Gasteiger partial charge in [-0.1, -0.05) is 87.1 Å². The summed E-state index contributed by atoms with van der Waals surface area (Å²) in [5, 5.41) is 4.34. The third-order valence-corrected chi connectivity index (χ3v) is 8.10. The molecule has 3 fully saturated rings. The van der Waals surface area contributed by atoms with Crippen molar-refractivity contribution in [2.24, 2.45) is 5.92 Å². The minimum absolute atomic E-state index is 0.00492. The van der Waals surface area contributed by atoms with Crippen LogP contribution in [0.2, 0.25) is 0 Å². The highest BCUT2D eigenvalue weighted by molar-refractivity contribution is 5.80. The Hall–Kier alpha value is -3.56. The maximum absolute atomic E-state index is 14.8. The van der Waals surface area contributed by atoms with Gasteiger partial charge in [-0.25, -0.2) is 4.39 Å². The normalized spacial score (nSPS) is 19.2. The first-order valence-electron chi connectivity index (χ1n) is 15.8. The van der Waals surface area contributed by atoms with Gasteiger partial charge in [0.25, 0.3) is 0 Å². The van der Waals surface area contributed by atoms with E-state index in [0.717, 1.165) is 56.6 Å². The molecule has 2 saturated heterocycles. The van der Waals surface area contributed by atoms with Crippen LogP contribution in [0, 0.1) is 50.3 Å². The summed E-state index contributed by atoms with van der Waals surface area (Å²) in [7, 11) is 2.05. The van der Waals surface area contributed by atoms with Crippen molar-refractivity contribution in [1.82, 2.24) is 4.90 Å². The Balaban J connectivity index is 0.000000797. The van der Waals surface area contributed by atoms with E-state index in [4.69, 9.17) is 0 Å². The number of carbonyl (C=O) groups is 1. The highest BCUT2D eigenvalue weighted by Gasteiger charge is 2.41. The number of quaternary nitrogens is 2. The Labute approximate surface area is 262 Å². The number of benzene rings is 2. The number of amides is 1. The van der Waals surface area contributed by atoms with E-state index >= 15 is 0 Å². The lowest BCUT2D eigenvalue weighted by Crippen LogP contribution is -2.85. The molecule has 4 N–H and O–H groups in total. The number of nitrogens with zero attached hydrogens (tertiary/aromatic N) is 1. The SMILES string of the molecule is C#C.C#C.C#C.C1CCCCC1.C[NH2+][C@H](C)Cc1cccc(F)c1[C@@H]1C[NH2+]CC1C(=O)N1CCCCC1.c1ccccc1. The van der Waals surface area contributed by atoms with E-state index < -0.39 is 0 Å². The van der Waals surface area contributed by atoms with Crippen LogP contribution in [-0.4, -0.2) is 50.1 Å². The molecule has 234 valence electrons. The van der Waals surface area contributed by atoms with Crippen molar-refractivity contribution >= 4 is 5.91 Å². The second kappa shape index (κ2) is 26.1. The van der Waals surface area contributed by atoms with Crippen molar-refractivity contribution in [3.8, 4) is 38.5 Å². The van der Waals surface area contributed by atoms with Crippen LogP contribution in [0.15, 0.2) is 54.6 Å². The maximum atomic E-state index is 14.8. The molecule has 3 atom stereocenters. The second-order valence-electron chi connectivity index (χ2n) is 11.0. The van der Waals surface area contributed by atoms with Gasteiger partial charge in [0.05, 0.1) is 38.0 Å². The van der Waals surface area contributed by atoms with Crippen molar-refractivity contribution in [2.45, 2.75) is 83.1 Å². The number of hydrogen-bond acceptors (Lipinski definition) is 1. The van der Waals surface area contributed by atoms with Gasteiger partial charge in [-0.05, 0) is 37.8 Å². The Morgan fingerprint density at radius 1 is 0.814 bits per heavy atom. The lowest BCUT2D eigenvalue weighted by atomic mass is 9.83. The summed E-state index contributed by atoms with van der Waals surface area (Å²) in [5.41, 5.74) is 1.86. The molecule has 5 heteroatoms. The molecule has 1 amide bonds. The highest BCUT2D eigenvalue weighted by atomic mass is 19.1. The molecule has 2 aromatic rings. The number of piperidine rings is 1. The van der Waals surface area contributed by atoms with Crippen molar-refractivity contribution in [2.75, 3.05) is 33.2 Å². The summed E-state index contributed by atoms with van der Waals surface area (Å²) in [4.78, 5) is 15.1. The van der Waals surface area contributed by atoms with E-state index in [0.29, 0.717) is 6.04 Å². The largest absolute Gasteiger partial charge is 0.346 e. The topological polar surface area (TPSA) is 53.5 Å². The summed E-state index contributed by atoms with van der Waals surface area (Å²) in [6, 6.07) is 17.8. The van der Waals surface area contributed by atoms with Crippen LogP contribution < -0.4 is 10.6 Å². The Morgan fingerprint density at radius 3 is 1.74 bits per heavy atom. The first kappa shape index (κ1) is 39.4. The van der Waals surface area contributed by atoms with Crippen LogP contribution >= 0.6 is 0 Å². The first-order chi connectivity index (χ1) is 21.1. The molecule has 2 aliphatic heterocycles. The fourth-order valence-corrected chi connectivity index (χ4v) is 5.81. The van der Waals surface area contributed by atoms with Crippen LogP contribution in [0.5, 0.6) is 0 Å². The van der Waals surface area contributed by atoms with Gasteiger partial charge >= 0.3 is 0 Å². The van der Waals surface area contributed by atoms with Crippen molar-refractivity contribution in [1.29, 1.82) is 0 Å². The van der Waals surface area contributed by atoms with E-state index in [1.807, 2.05) is 47.4 Å². The fraction of sp³-hybridized carbons (Fsp3) is 0.500. The lowest BCUT2D eigenvalue weighted by Gasteiger charge is -2.30. The second-order valence-corrected chi connectivity index (χ2v) is 11.0. The Morgan fingerprint density at radius 2 is 1.28 bits per heavy atom. The molecule has 4 nitrogen and oxygen atoms in total. The molecule has 2 heterocycles. The van der Waals surface area contributed by atoms with Crippen molar-refractivity contribution in [3.05, 3.63) is 71.5 Å². The minimum Gasteiger partial charge on any atom is -0.346 e. The average Bonchev–Trinajstić information content (AvgIpc) is 3.59. The molecule has 5 rings (SSSR count). The van der Waals surface area contributed by atoms with Crippen LogP contribution in [0.1, 0.15) is 81.8 Å². The highest BCUT2D eigenvalue weighted by Crippen LogP contribution is 2.32. The Bertz CT molecular complexity index is 970. The van der Waals surface area contributed by atoms with Crippen LogP contribution in [0.25, 0.3) is 0 Å². The van der Waals surface area contributed by atoms with Gasteiger partial charge in [0, 0.05) is 25.1 Å². The zero-order chi connectivity index (χ0) is 32.3. The van der Waals surface area contributed by atoms with Gasteiger partial charge in [-0.15, -0.1) is 38.5 Å². The van der Waals surface area contributed by atoms with Gasteiger partial charge < -0.3 is 15.5 Å². The number of halogens is 1. The summed E-state index contributed by atoms with van der Waals surface area (Å²) in [5.74, 6) is 0.00430. The molecule has 1 aliphatic carbocycles. The summed E-state index contributed by atoms with van der Waals surface area (Å²) >= 11 is 0. The predicted octanol–water partition coefficient (Wildman–Crippen LogP) is 5.01. The standard InChI is InChI=1S/C20H30FN3O.C6H12.C6H6.3C2H2/c1-14(22-2)11-15-7-6-8-18(21)19(15)16-12-23-13-17(16)20(25)24-9-4-3-5-10-24;2*1-2-4-6-5-3-1;3*1-2/h6-8,14,16-17,22-23H,3-5,9-13H2,1-2H3;1-6H2;1-6H;3*1-2H/p+2/t14-,16-,17?;;;;;/m1...../s1. The number of nitrogens with two attached hydrogens (primary N) is 2. The van der Waals surface area contributed by atoms with E-state index in [1.54, 1.807) is 12.1 Å². The predicted molar refractivity (Wildman–Crippen MR) is 180 cm³/mol. The molecule has 0 aromatic heterocycles. The summed E-state index contributed by atoms with van der Waals surface area (Å²) in [6.07, 6.45) is 37.3. The molecule has 43 heavy (non-hydrogen) atoms. The number of hydrogen-bond donors (Lipinski definition) is 2. The molecule has 1 unspecified atom stereocenters. The van der Waals surface area contributed by atoms with Gasteiger partial charge in [0.1, 0.15) is 5.82 Å². The van der Waals surface area contributed by atoms with Crippen molar-refractivity contribution < 1.29 is 19.8 Å². The van der Waals surface area contributed by atoms with E-state index in [9.17, 15) is 9.18 Å². The number of terminal acetylenes is 3. The number of likely N-dealkylation sites (N-methyl/N-ethyl adjacent to an activating group) is 1. The molecule has 0 radical (unpaired) electrons. The number of rotatable bonds is 5. The molecule has 2 aromatic carbocycles. The van der Waals surface area contributed by atoms with E-state index in [1.165, 1.54) is 44.9 Å².